The van der Waals surface area contributed by atoms with Crippen molar-refractivity contribution in [1.82, 2.24) is 9.88 Å². The number of hydrogen-bond donors (Lipinski definition) is 1. The summed E-state index contributed by atoms with van der Waals surface area (Å²) in [5, 5.41) is 3.13. The lowest BCUT2D eigenvalue weighted by Gasteiger charge is -2.39. The highest BCUT2D eigenvalue weighted by molar-refractivity contribution is 5.94. The van der Waals surface area contributed by atoms with Gasteiger partial charge in [0, 0.05) is 24.8 Å². The fraction of sp³-hybridized carbons (Fsp3) is 0.600. The zero-order valence-electron chi connectivity index (χ0n) is 12.0. The summed E-state index contributed by atoms with van der Waals surface area (Å²) in [6, 6.07) is 4.38. The average molecular weight is 261 g/mol. The molecule has 0 unspecified atom stereocenters. The van der Waals surface area contributed by atoms with Crippen LogP contribution in [-0.2, 0) is 0 Å². The highest BCUT2D eigenvalue weighted by atomic mass is 16.2. The van der Waals surface area contributed by atoms with Gasteiger partial charge in [-0.25, -0.2) is 4.98 Å². The van der Waals surface area contributed by atoms with Crippen molar-refractivity contribution >= 4 is 11.7 Å². The second kappa shape index (κ2) is 6.04. The number of hydrogen-bond acceptors (Lipinski definition) is 3. The Morgan fingerprint density at radius 1 is 1.37 bits per heavy atom. The summed E-state index contributed by atoms with van der Waals surface area (Å²) in [6.07, 6.45) is 5.08. The number of nitrogens with one attached hydrogen (secondary N) is 1. The number of likely N-dealkylation sites (tertiary alicyclic amines) is 1. The quantitative estimate of drug-likeness (QED) is 0.910. The van der Waals surface area contributed by atoms with Crippen LogP contribution in [-0.4, -0.2) is 34.4 Å². The Balaban J connectivity index is 2.13. The van der Waals surface area contributed by atoms with E-state index in [-0.39, 0.29) is 5.91 Å². The van der Waals surface area contributed by atoms with Crippen LogP contribution in [0.5, 0.6) is 0 Å². The van der Waals surface area contributed by atoms with Crippen LogP contribution in [0.25, 0.3) is 0 Å². The summed E-state index contributed by atoms with van der Waals surface area (Å²) in [5.74, 6) is 0.925. The lowest BCUT2D eigenvalue weighted by molar-refractivity contribution is 0.0510. The predicted molar refractivity (Wildman–Crippen MR) is 77.3 cm³/mol. The van der Waals surface area contributed by atoms with E-state index in [0.717, 1.165) is 25.2 Å². The molecule has 0 aromatic carbocycles. The molecule has 1 aliphatic rings. The van der Waals surface area contributed by atoms with E-state index in [0.29, 0.717) is 17.6 Å². The number of aromatic nitrogens is 1. The molecule has 2 rings (SSSR count). The normalized spacial score (nSPS) is 23.2. The summed E-state index contributed by atoms with van der Waals surface area (Å²) >= 11 is 0. The van der Waals surface area contributed by atoms with Crippen molar-refractivity contribution in [3.63, 3.8) is 0 Å². The van der Waals surface area contributed by atoms with Crippen LogP contribution in [0.4, 0.5) is 5.82 Å². The summed E-state index contributed by atoms with van der Waals surface area (Å²) in [7, 11) is 0. The topological polar surface area (TPSA) is 45.2 Å². The van der Waals surface area contributed by atoms with Crippen LogP contribution in [0.1, 0.15) is 50.4 Å². The minimum Gasteiger partial charge on any atom is -0.370 e. The van der Waals surface area contributed by atoms with Gasteiger partial charge in [-0.05, 0) is 52.2 Å². The molecule has 1 aliphatic heterocycles. The predicted octanol–water partition coefficient (Wildman–Crippen LogP) is 2.92. The van der Waals surface area contributed by atoms with Gasteiger partial charge >= 0.3 is 0 Å². The molecule has 0 radical (unpaired) electrons. The number of pyridine rings is 1. The van der Waals surface area contributed by atoms with Crippen molar-refractivity contribution in [1.29, 1.82) is 0 Å². The SMILES string of the molecule is CCNc1ccc(C(=O)N2[C@H](C)CCC[C@@H]2C)cn1. The summed E-state index contributed by atoms with van der Waals surface area (Å²) < 4.78 is 0. The van der Waals surface area contributed by atoms with Crippen molar-refractivity contribution in [3.05, 3.63) is 23.9 Å². The second-order valence-electron chi connectivity index (χ2n) is 5.30. The molecule has 104 valence electrons. The molecule has 2 atom stereocenters. The van der Waals surface area contributed by atoms with Crippen LogP contribution in [0.3, 0.4) is 0 Å². The van der Waals surface area contributed by atoms with Crippen molar-refractivity contribution in [2.45, 2.75) is 52.1 Å². The molecule has 1 aromatic heterocycles. The Hall–Kier alpha value is -1.58. The molecule has 0 saturated carbocycles. The Bertz CT molecular complexity index is 420. The van der Waals surface area contributed by atoms with Crippen molar-refractivity contribution < 1.29 is 4.79 Å². The minimum absolute atomic E-state index is 0.107. The van der Waals surface area contributed by atoms with Crippen LogP contribution >= 0.6 is 0 Å². The number of anilines is 1. The molecular formula is C15H23N3O. The van der Waals surface area contributed by atoms with Gasteiger partial charge in [-0.1, -0.05) is 0 Å². The van der Waals surface area contributed by atoms with Gasteiger partial charge in [0.1, 0.15) is 5.82 Å². The first-order chi connectivity index (χ1) is 9.13. The van der Waals surface area contributed by atoms with Crippen molar-refractivity contribution in [3.8, 4) is 0 Å². The minimum atomic E-state index is 0.107. The number of amides is 1. The third-order valence-electron chi connectivity index (χ3n) is 3.80. The van der Waals surface area contributed by atoms with Crippen LogP contribution in [0.15, 0.2) is 18.3 Å². The third-order valence-corrected chi connectivity index (χ3v) is 3.80. The van der Waals surface area contributed by atoms with Gasteiger partial charge < -0.3 is 10.2 Å². The Morgan fingerprint density at radius 2 is 2.05 bits per heavy atom. The number of carbonyl (C=O) groups excluding carboxylic acids is 1. The van der Waals surface area contributed by atoms with E-state index in [1.807, 2.05) is 24.0 Å². The van der Waals surface area contributed by atoms with E-state index in [4.69, 9.17) is 0 Å². The molecule has 19 heavy (non-hydrogen) atoms. The van der Waals surface area contributed by atoms with Crippen LogP contribution in [0.2, 0.25) is 0 Å². The highest BCUT2D eigenvalue weighted by Gasteiger charge is 2.29. The molecule has 4 heteroatoms. The molecule has 0 bridgehead atoms. The molecule has 1 fully saturated rings. The third kappa shape index (κ3) is 3.06. The molecule has 1 aromatic rings. The standard InChI is InChI=1S/C15H23N3O/c1-4-16-14-9-8-13(10-17-14)15(19)18-11(2)6-5-7-12(18)3/h8-12H,4-7H2,1-3H3,(H,16,17)/t11-,12+. The van der Waals surface area contributed by atoms with E-state index >= 15 is 0 Å². The molecule has 0 spiro atoms. The van der Waals surface area contributed by atoms with E-state index in [2.05, 4.69) is 24.1 Å². The van der Waals surface area contributed by atoms with Gasteiger partial charge in [0.25, 0.3) is 5.91 Å². The molecule has 2 heterocycles. The van der Waals surface area contributed by atoms with Gasteiger partial charge in [-0.15, -0.1) is 0 Å². The fourth-order valence-corrected chi connectivity index (χ4v) is 2.78. The summed E-state index contributed by atoms with van der Waals surface area (Å²) in [4.78, 5) is 18.8. The molecular weight excluding hydrogens is 238 g/mol. The van der Waals surface area contributed by atoms with Crippen LogP contribution in [0, 0.1) is 0 Å². The van der Waals surface area contributed by atoms with E-state index in [9.17, 15) is 4.79 Å². The first kappa shape index (κ1) is 13.8. The number of piperidine rings is 1. The zero-order chi connectivity index (χ0) is 13.8. The smallest absolute Gasteiger partial charge is 0.255 e. The molecule has 1 amide bonds. The first-order valence-corrected chi connectivity index (χ1v) is 7.16. The fourth-order valence-electron chi connectivity index (χ4n) is 2.78. The van der Waals surface area contributed by atoms with E-state index < -0.39 is 0 Å². The first-order valence-electron chi connectivity index (χ1n) is 7.16. The largest absolute Gasteiger partial charge is 0.370 e. The number of rotatable bonds is 3. The second-order valence-corrected chi connectivity index (χ2v) is 5.30. The van der Waals surface area contributed by atoms with Crippen LogP contribution < -0.4 is 5.32 Å². The summed E-state index contributed by atoms with van der Waals surface area (Å²) in [5.41, 5.74) is 0.683. The van der Waals surface area contributed by atoms with Gasteiger partial charge in [-0.3, -0.25) is 4.79 Å². The molecule has 0 aliphatic carbocycles. The monoisotopic (exact) mass is 261 g/mol. The lowest BCUT2D eigenvalue weighted by Crippen LogP contribution is -2.47. The van der Waals surface area contributed by atoms with Gasteiger partial charge in [0.2, 0.25) is 0 Å². The summed E-state index contributed by atoms with van der Waals surface area (Å²) in [6.45, 7) is 7.13. The Labute approximate surface area is 115 Å². The van der Waals surface area contributed by atoms with Gasteiger partial charge in [0.15, 0.2) is 0 Å². The number of nitrogens with zero attached hydrogens (tertiary/aromatic N) is 2. The van der Waals surface area contributed by atoms with E-state index in [1.54, 1.807) is 6.20 Å². The molecule has 1 saturated heterocycles. The maximum atomic E-state index is 12.6. The Morgan fingerprint density at radius 3 is 2.58 bits per heavy atom. The highest BCUT2D eigenvalue weighted by Crippen LogP contribution is 2.24. The van der Waals surface area contributed by atoms with Gasteiger partial charge in [-0.2, -0.15) is 0 Å². The number of carbonyl (C=O) groups is 1. The Kier molecular flexibility index (Phi) is 4.40. The van der Waals surface area contributed by atoms with Crippen molar-refractivity contribution in [2.75, 3.05) is 11.9 Å². The average Bonchev–Trinajstić information content (AvgIpc) is 2.39. The maximum Gasteiger partial charge on any atom is 0.255 e. The zero-order valence-corrected chi connectivity index (χ0v) is 12.0. The lowest BCUT2D eigenvalue weighted by atomic mass is 9.96. The van der Waals surface area contributed by atoms with Gasteiger partial charge in [0.05, 0.1) is 5.56 Å². The van der Waals surface area contributed by atoms with Crippen molar-refractivity contribution in [2.24, 2.45) is 0 Å². The molecule has 4 nitrogen and oxygen atoms in total. The maximum absolute atomic E-state index is 12.6. The van der Waals surface area contributed by atoms with E-state index in [1.165, 1.54) is 6.42 Å². The molecule has 1 N–H and O–H groups in total.